The summed E-state index contributed by atoms with van der Waals surface area (Å²) in [5.41, 5.74) is 6.44. The van der Waals surface area contributed by atoms with Gasteiger partial charge in [0.2, 0.25) is 6.10 Å². The number of hydrogen-bond acceptors (Lipinski definition) is 4. The Morgan fingerprint density at radius 1 is 1.38 bits per heavy atom. The van der Waals surface area contributed by atoms with Crippen LogP contribution in [-0.4, -0.2) is 31.1 Å². The summed E-state index contributed by atoms with van der Waals surface area (Å²) in [4.78, 5) is 16.9. The summed E-state index contributed by atoms with van der Waals surface area (Å²) in [5.74, 6) is -0.139. The average Bonchev–Trinajstić information content (AvgIpc) is 2.50. The lowest BCUT2D eigenvalue weighted by molar-refractivity contribution is -0.131. The lowest BCUT2D eigenvalue weighted by atomic mass is 10.2. The van der Waals surface area contributed by atoms with Gasteiger partial charge >= 0.3 is 0 Å². The average molecular weight is 314 g/mol. The molecule has 0 saturated heterocycles. The third-order valence-electron chi connectivity index (χ3n) is 2.87. The van der Waals surface area contributed by atoms with Gasteiger partial charge in [0.1, 0.15) is 6.10 Å². The van der Waals surface area contributed by atoms with E-state index >= 15 is 0 Å². The topological polar surface area (TPSA) is 85.9 Å². The summed E-state index contributed by atoms with van der Waals surface area (Å²) in [6.45, 7) is 3.63. The highest BCUT2D eigenvalue weighted by atomic mass is 35.5. The first-order valence-electron chi connectivity index (χ1n) is 6.48. The van der Waals surface area contributed by atoms with Gasteiger partial charge in [0.25, 0.3) is 5.91 Å². The number of halogens is 1. The van der Waals surface area contributed by atoms with Crippen molar-refractivity contribution in [3.63, 3.8) is 0 Å². The molecule has 1 aromatic rings. The molecule has 1 rings (SSSR count). The number of rotatable bonds is 7. The molecule has 6 nitrogen and oxygen atoms in total. The van der Waals surface area contributed by atoms with E-state index in [0.717, 1.165) is 5.56 Å². The number of amides is 1. The van der Waals surface area contributed by atoms with Crippen LogP contribution in [0, 0.1) is 0 Å². The zero-order chi connectivity index (χ0) is 15.8. The highest BCUT2D eigenvalue weighted by Crippen LogP contribution is 2.14. The molecule has 2 atom stereocenters. The molecule has 3 N–H and O–H groups in total. The van der Waals surface area contributed by atoms with Crippen molar-refractivity contribution >= 4 is 23.3 Å². The fraction of sp³-hybridized carbons (Fsp3) is 0.429. The maximum Gasteiger partial charge on any atom is 0.263 e. The first-order valence-corrected chi connectivity index (χ1v) is 6.86. The molecule has 1 aromatic carbocycles. The Labute approximate surface area is 129 Å². The van der Waals surface area contributed by atoms with Gasteiger partial charge in [0, 0.05) is 18.7 Å². The third-order valence-corrected chi connectivity index (χ3v) is 3.24. The van der Waals surface area contributed by atoms with E-state index in [1.54, 1.807) is 19.9 Å². The molecule has 0 aliphatic rings. The van der Waals surface area contributed by atoms with Crippen LogP contribution in [0.4, 0.5) is 0 Å². The van der Waals surface area contributed by atoms with Crippen molar-refractivity contribution < 1.29 is 14.4 Å². The molecule has 0 spiro atoms. The molecule has 0 radical (unpaired) electrons. The van der Waals surface area contributed by atoms with E-state index in [1.807, 2.05) is 18.2 Å². The minimum atomic E-state index is -0.768. The van der Waals surface area contributed by atoms with Crippen molar-refractivity contribution in [2.45, 2.75) is 32.6 Å². The lowest BCUT2D eigenvalue weighted by Crippen LogP contribution is -2.34. The van der Waals surface area contributed by atoms with Gasteiger partial charge in [-0.2, -0.15) is 0 Å². The quantitative estimate of drug-likeness (QED) is 0.455. The number of carbonyl (C=O) groups is 1. The second-order valence-corrected chi connectivity index (χ2v) is 4.86. The van der Waals surface area contributed by atoms with E-state index in [0.29, 0.717) is 11.6 Å². The maximum atomic E-state index is 11.9. The minimum Gasteiger partial charge on any atom is -0.382 e. The number of carbonyl (C=O) groups excluding carboxylic acids is 1. The normalized spacial score (nSPS) is 14.4. The van der Waals surface area contributed by atoms with Crippen molar-refractivity contribution in [1.29, 1.82) is 0 Å². The molecule has 0 saturated carbocycles. The van der Waals surface area contributed by atoms with Gasteiger partial charge in [-0.05, 0) is 25.5 Å². The maximum absolute atomic E-state index is 11.9. The fourth-order valence-corrected chi connectivity index (χ4v) is 1.55. The Kier molecular flexibility index (Phi) is 6.98. The van der Waals surface area contributed by atoms with E-state index in [-0.39, 0.29) is 17.8 Å². The number of nitrogens with zero attached hydrogens (tertiary/aromatic N) is 1. The minimum absolute atomic E-state index is 0.170. The van der Waals surface area contributed by atoms with E-state index < -0.39 is 6.10 Å². The summed E-state index contributed by atoms with van der Waals surface area (Å²) in [6, 6.07) is 7.28. The molecule has 0 aliphatic carbocycles. The van der Waals surface area contributed by atoms with Crippen LogP contribution in [0.1, 0.15) is 19.4 Å². The molecule has 21 heavy (non-hydrogen) atoms. The van der Waals surface area contributed by atoms with E-state index in [4.69, 9.17) is 26.9 Å². The zero-order valence-corrected chi connectivity index (χ0v) is 13.1. The van der Waals surface area contributed by atoms with Gasteiger partial charge in [0.05, 0.1) is 0 Å². The Hall–Kier alpha value is -1.79. The van der Waals surface area contributed by atoms with Crippen LogP contribution in [0.3, 0.4) is 0 Å². The van der Waals surface area contributed by atoms with Crippen molar-refractivity contribution in [3.05, 3.63) is 34.9 Å². The van der Waals surface area contributed by atoms with Crippen molar-refractivity contribution in [2.24, 2.45) is 10.9 Å². The summed E-state index contributed by atoms with van der Waals surface area (Å²) in [5, 5.41) is 6.99. The Balaban J connectivity index is 2.47. The van der Waals surface area contributed by atoms with E-state index in [1.165, 1.54) is 7.11 Å². The summed E-state index contributed by atoms with van der Waals surface area (Å²) in [6.07, 6.45) is -1.14. The van der Waals surface area contributed by atoms with E-state index in [2.05, 4.69) is 10.5 Å². The Morgan fingerprint density at radius 3 is 2.67 bits per heavy atom. The summed E-state index contributed by atoms with van der Waals surface area (Å²) < 4.78 is 4.97. The SMILES string of the molecule is CO[C@@H](C)/C(N)=N\O[C@@H](C)C(=O)NCc1ccccc1Cl. The van der Waals surface area contributed by atoms with Crippen LogP contribution >= 0.6 is 11.6 Å². The van der Waals surface area contributed by atoms with Crippen molar-refractivity contribution in [3.8, 4) is 0 Å². The molecule has 0 aliphatic heterocycles. The standard InChI is InChI=1S/C14H20ClN3O3/c1-9(20-3)13(16)18-21-10(2)14(19)17-8-11-6-4-5-7-12(11)15/h4-7,9-10H,8H2,1-3H3,(H2,16,18)(H,17,19)/t9-,10-/m0/s1. The molecule has 7 heteroatoms. The van der Waals surface area contributed by atoms with E-state index in [9.17, 15) is 4.79 Å². The molecule has 0 unspecified atom stereocenters. The van der Waals surface area contributed by atoms with Gasteiger partial charge in [-0.3, -0.25) is 4.79 Å². The predicted molar refractivity (Wildman–Crippen MR) is 81.9 cm³/mol. The molecule has 116 valence electrons. The smallest absolute Gasteiger partial charge is 0.263 e. The molecule has 0 heterocycles. The highest BCUT2D eigenvalue weighted by molar-refractivity contribution is 6.31. The van der Waals surface area contributed by atoms with Crippen LogP contribution in [0.15, 0.2) is 29.4 Å². The number of benzene rings is 1. The molecule has 0 fully saturated rings. The van der Waals surface area contributed by atoms with Gasteiger partial charge < -0.3 is 20.6 Å². The van der Waals surface area contributed by atoms with Crippen LogP contribution in [-0.2, 0) is 20.9 Å². The largest absolute Gasteiger partial charge is 0.382 e. The predicted octanol–water partition coefficient (Wildman–Crippen LogP) is 1.67. The lowest BCUT2D eigenvalue weighted by Gasteiger charge is -2.13. The first kappa shape index (κ1) is 17.3. The highest BCUT2D eigenvalue weighted by Gasteiger charge is 2.15. The number of ether oxygens (including phenoxy) is 1. The Bertz CT molecular complexity index is 508. The zero-order valence-electron chi connectivity index (χ0n) is 12.3. The van der Waals surface area contributed by atoms with Gasteiger partial charge in [-0.1, -0.05) is 35.0 Å². The van der Waals surface area contributed by atoms with Crippen molar-refractivity contribution in [2.75, 3.05) is 7.11 Å². The molecular formula is C14H20ClN3O3. The van der Waals surface area contributed by atoms with Gasteiger partial charge in [0.15, 0.2) is 5.84 Å². The monoisotopic (exact) mass is 313 g/mol. The number of methoxy groups -OCH3 is 1. The second-order valence-electron chi connectivity index (χ2n) is 4.45. The first-order chi connectivity index (χ1) is 9.95. The number of nitrogens with one attached hydrogen (secondary N) is 1. The molecule has 0 aromatic heterocycles. The fourth-order valence-electron chi connectivity index (χ4n) is 1.35. The molecule has 1 amide bonds. The van der Waals surface area contributed by atoms with Crippen LogP contribution < -0.4 is 11.1 Å². The number of nitrogens with two attached hydrogens (primary N) is 1. The summed E-state index contributed by atoms with van der Waals surface area (Å²) in [7, 11) is 1.51. The number of hydrogen-bond donors (Lipinski definition) is 2. The molecule has 0 bridgehead atoms. The molecular weight excluding hydrogens is 294 g/mol. The van der Waals surface area contributed by atoms with Crippen LogP contribution in [0.25, 0.3) is 0 Å². The third kappa shape index (κ3) is 5.61. The number of oxime groups is 1. The van der Waals surface area contributed by atoms with Crippen LogP contribution in [0.5, 0.6) is 0 Å². The van der Waals surface area contributed by atoms with Crippen molar-refractivity contribution in [1.82, 2.24) is 5.32 Å². The van der Waals surface area contributed by atoms with Crippen LogP contribution in [0.2, 0.25) is 5.02 Å². The second kappa shape index (κ2) is 8.49. The van der Waals surface area contributed by atoms with Gasteiger partial charge in [-0.15, -0.1) is 0 Å². The summed E-state index contributed by atoms with van der Waals surface area (Å²) >= 11 is 6.01. The van der Waals surface area contributed by atoms with Gasteiger partial charge in [-0.25, -0.2) is 0 Å². The Morgan fingerprint density at radius 2 is 2.05 bits per heavy atom. The number of amidine groups is 1.